The summed E-state index contributed by atoms with van der Waals surface area (Å²) in [5, 5.41) is 3.81. The highest BCUT2D eigenvalue weighted by Crippen LogP contribution is 2.36. The summed E-state index contributed by atoms with van der Waals surface area (Å²) in [6.45, 7) is 8.13. The van der Waals surface area contributed by atoms with Crippen molar-refractivity contribution in [3.8, 4) is 0 Å². The standard InChI is InChI=1S/C17H32N2O/c1-3-15-11-19(12-16-8-7-14(2)20-16)17(13-18-15)9-5-4-6-10-17/h14-16,18H,3-13H2,1-2H3. The van der Waals surface area contributed by atoms with Crippen LogP contribution in [-0.4, -0.2) is 48.3 Å². The first-order valence-electron chi connectivity index (χ1n) is 8.86. The van der Waals surface area contributed by atoms with Gasteiger partial charge in [0.2, 0.25) is 0 Å². The highest BCUT2D eigenvalue weighted by atomic mass is 16.5. The number of nitrogens with zero attached hydrogens (tertiary/aromatic N) is 1. The lowest BCUT2D eigenvalue weighted by molar-refractivity contribution is -0.0379. The van der Waals surface area contributed by atoms with Crippen molar-refractivity contribution in [2.24, 2.45) is 0 Å². The third-order valence-electron chi connectivity index (χ3n) is 5.85. The van der Waals surface area contributed by atoms with E-state index in [2.05, 4.69) is 24.1 Å². The molecule has 1 aliphatic carbocycles. The van der Waals surface area contributed by atoms with Crippen LogP contribution in [-0.2, 0) is 4.74 Å². The van der Waals surface area contributed by atoms with Crippen LogP contribution in [0.2, 0.25) is 0 Å². The van der Waals surface area contributed by atoms with Crippen molar-refractivity contribution in [1.82, 2.24) is 10.2 Å². The SMILES string of the molecule is CCC1CN(CC2CCC(C)O2)C2(CCCCC2)CN1. The predicted octanol–water partition coefficient (Wildman–Crippen LogP) is 2.94. The van der Waals surface area contributed by atoms with Crippen LogP contribution in [0, 0.1) is 0 Å². The first-order valence-corrected chi connectivity index (χ1v) is 8.86. The molecule has 0 amide bonds. The number of rotatable bonds is 3. The lowest BCUT2D eigenvalue weighted by atomic mass is 9.78. The van der Waals surface area contributed by atoms with Gasteiger partial charge in [0, 0.05) is 31.2 Å². The van der Waals surface area contributed by atoms with Gasteiger partial charge < -0.3 is 10.1 Å². The third-order valence-corrected chi connectivity index (χ3v) is 5.85. The van der Waals surface area contributed by atoms with E-state index in [-0.39, 0.29) is 0 Å². The van der Waals surface area contributed by atoms with Gasteiger partial charge in [0.1, 0.15) is 0 Å². The smallest absolute Gasteiger partial charge is 0.0706 e. The molecule has 3 rings (SSSR count). The highest BCUT2D eigenvalue weighted by Gasteiger charge is 2.43. The molecular formula is C17H32N2O. The maximum absolute atomic E-state index is 6.10. The van der Waals surface area contributed by atoms with E-state index in [1.807, 2.05) is 0 Å². The molecule has 1 spiro atoms. The van der Waals surface area contributed by atoms with Crippen molar-refractivity contribution < 1.29 is 4.74 Å². The molecule has 3 heteroatoms. The molecule has 3 unspecified atom stereocenters. The highest BCUT2D eigenvalue weighted by molar-refractivity contribution is 5.01. The van der Waals surface area contributed by atoms with E-state index in [1.165, 1.54) is 71.0 Å². The topological polar surface area (TPSA) is 24.5 Å². The molecule has 116 valence electrons. The zero-order chi connectivity index (χ0) is 14.0. The van der Waals surface area contributed by atoms with Crippen molar-refractivity contribution in [2.75, 3.05) is 19.6 Å². The van der Waals surface area contributed by atoms with E-state index < -0.39 is 0 Å². The fourth-order valence-corrected chi connectivity index (χ4v) is 4.48. The quantitative estimate of drug-likeness (QED) is 0.860. The van der Waals surface area contributed by atoms with Crippen molar-refractivity contribution >= 4 is 0 Å². The van der Waals surface area contributed by atoms with Crippen LogP contribution >= 0.6 is 0 Å². The Morgan fingerprint density at radius 3 is 2.65 bits per heavy atom. The first kappa shape index (κ1) is 14.8. The van der Waals surface area contributed by atoms with Gasteiger partial charge in [0.25, 0.3) is 0 Å². The van der Waals surface area contributed by atoms with Crippen LogP contribution < -0.4 is 5.32 Å². The minimum Gasteiger partial charge on any atom is -0.374 e. The maximum atomic E-state index is 6.10. The Morgan fingerprint density at radius 2 is 2.00 bits per heavy atom. The average molecular weight is 280 g/mol. The van der Waals surface area contributed by atoms with Crippen LogP contribution in [0.3, 0.4) is 0 Å². The summed E-state index contributed by atoms with van der Waals surface area (Å²) >= 11 is 0. The Hall–Kier alpha value is -0.120. The fourth-order valence-electron chi connectivity index (χ4n) is 4.48. The average Bonchev–Trinajstić information content (AvgIpc) is 2.88. The molecular weight excluding hydrogens is 248 g/mol. The normalized spacial score (nSPS) is 38.4. The van der Waals surface area contributed by atoms with E-state index in [0.29, 0.717) is 23.8 Å². The molecule has 1 saturated carbocycles. The molecule has 0 aromatic carbocycles. The molecule has 20 heavy (non-hydrogen) atoms. The second kappa shape index (κ2) is 6.33. The lowest BCUT2D eigenvalue weighted by Crippen LogP contribution is -2.66. The van der Waals surface area contributed by atoms with Crippen molar-refractivity contribution in [3.63, 3.8) is 0 Å². The number of nitrogens with one attached hydrogen (secondary N) is 1. The van der Waals surface area contributed by atoms with Gasteiger partial charge in [0.15, 0.2) is 0 Å². The summed E-state index contributed by atoms with van der Waals surface area (Å²) in [6, 6.07) is 0.682. The molecule has 1 N–H and O–H groups in total. The van der Waals surface area contributed by atoms with E-state index in [9.17, 15) is 0 Å². The Balaban J connectivity index is 1.67. The van der Waals surface area contributed by atoms with Gasteiger partial charge in [-0.15, -0.1) is 0 Å². The first-order chi connectivity index (χ1) is 9.72. The zero-order valence-corrected chi connectivity index (χ0v) is 13.4. The summed E-state index contributed by atoms with van der Waals surface area (Å²) in [5.74, 6) is 0. The number of piperazine rings is 1. The van der Waals surface area contributed by atoms with E-state index in [1.54, 1.807) is 0 Å². The van der Waals surface area contributed by atoms with Crippen LogP contribution in [0.15, 0.2) is 0 Å². The summed E-state index contributed by atoms with van der Waals surface area (Å²) < 4.78 is 6.10. The lowest BCUT2D eigenvalue weighted by Gasteiger charge is -2.52. The summed E-state index contributed by atoms with van der Waals surface area (Å²) in [7, 11) is 0. The van der Waals surface area contributed by atoms with Crippen molar-refractivity contribution in [1.29, 1.82) is 0 Å². The Kier molecular flexibility index (Phi) is 4.68. The molecule has 3 atom stereocenters. The van der Waals surface area contributed by atoms with Crippen molar-refractivity contribution in [3.05, 3.63) is 0 Å². The minimum absolute atomic E-state index is 0.444. The number of hydrogen-bond acceptors (Lipinski definition) is 3. The van der Waals surface area contributed by atoms with Crippen molar-refractivity contribution in [2.45, 2.75) is 89.0 Å². The molecule has 2 heterocycles. The van der Waals surface area contributed by atoms with Crippen LogP contribution in [0.4, 0.5) is 0 Å². The minimum atomic E-state index is 0.444. The molecule has 0 radical (unpaired) electrons. The summed E-state index contributed by atoms with van der Waals surface area (Å²) in [4.78, 5) is 2.82. The second-order valence-electron chi connectivity index (χ2n) is 7.32. The third kappa shape index (κ3) is 3.05. The molecule has 3 nitrogen and oxygen atoms in total. The molecule has 2 saturated heterocycles. The largest absolute Gasteiger partial charge is 0.374 e. The Labute approximate surface area is 124 Å². The molecule has 2 aliphatic heterocycles. The molecule has 0 aromatic heterocycles. The molecule has 0 aromatic rings. The van der Waals surface area contributed by atoms with E-state index in [0.717, 1.165) is 0 Å². The van der Waals surface area contributed by atoms with Gasteiger partial charge in [-0.2, -0.15) is 0 Å². The summed E-state index contributed by atoms with van der Waals surface area (Å²) in [6.07, 6.45) is 11.8. The van der Waals surface area contributed by atoms with E-state index in [4.69, 9.17) is 4.74 Å². The predicted molar refractivity (Wildman–Crippen MR) is 83.0 cm³/mol. The van der Waals surface area contributed by atoms with Gasteiger partial charge in [-0.05, 0) is 39.0 Å². The number of hydrogen-bond donors (Lipinski definition) is 1. The van der Waals surface area contributed by atoms with Crippen LogP contribution in [0.25, 0.3) is 0 Å². The monoisotopic (exact) mass is 280 g/mol. The molecule has 3 fully saturated rings. The molecule has 0 bridgehead atoms. The zero-order valence-electron chi connectivity index (χ0n) is 13.4. The van der Waals surface area contributed by atoms with Gasteiger partial charge in [-0.25, -0.2) is 0 Å². The van der Waals surface area contributed by atoms with E-state index >= 15 is 0 Å². The summed E-state index contributed by atoms with van der Waals surface area (Å²) in [5.41, 5.74) is 0.444. The number of ether oxygens (including phenoxy) is 1. The second-order valence-corrected chi connectivity index (χ2v) is 7.32. The van der Waals surface area contributed by atoms with Gasteiger partial charge in [-0.3, -0.25) is 4.90 Å². The Bertz CT molecular complexity index is 314. The van der Waals surface area contributed by atoms with Gasteiger partial charge >= 0.3 is 0 Å². The Morgan fingerprint density at radius 1 is 1.20 bits per heavy atom. The van der Waals surface area contributed by atoms with Crippen LogP contribution in [0.1, 0.15) is 65.2 Å². The maximum Gasteiger partial charge on any atom is 0.0706 e. The van der Waals surface area contributed by atoms with Crippen LogP contribution in [0.5, 0.6) is 0 Å². The van der Waals surface area contributed by atoms with Gasteiger partial charge in [0.05, 0.1) is 12.2 Å². The van der Waals surface area contributed by atoms with Gasteiger partial charge in [-0.1, -0.05) is 26.2 Å². The molecule has 3 aliphatic rings. The fraction of sp³-hybridized carbons (Fsp3) is 1.00.